The normalized spacial score (nSPS) is 17.6. The number of hydrogen-bond donors (Lipinski definition) is 3. The van der Waals surface area contributed by atoms with E-state index < -0.39 is 11.9 Å². The van der Waals surface area contributed by atoms with Gasteiger partial charge in [0.25, 0.3) is 11.9 Å². The fourth-order valence-electron chi connectivity index (χ4n) is 2.88. The predicted octanol–water partition coefficient (Wildman–Crippen LogP) is 3.45. The first-order chi connectivity index (χ1) is 13.1. The van der Waals surface area contributed by atoms with E-state index in [1.165, 1.54) is 0 Å². The molecule has 2 aromatic rings. The van der Waals surface area contributed by atoms with Crippen molar-refractivity contribution in [2.24, 2.45) is 5.73 Å². The number of benzene rings is 1. The smallest absolute Gasteiger partial charge is 0.300 e. The minimum atomic E-state index is -0.833. The van der Waals surface area contributed by atoms with Gasteiger partial charge in [-0.25, -0.2) is 4.98 Å². The van der Waals surface area contributed by atoms with Gasteiger partial charge in [0.2, 0.25) is 0 Å². The molecule has 1 aliphatic carbocycles. The largest absolute Gasteiger partial charge is 0.495 e. The Hall–Kier alpha value is -2.58. The highest BCUT2D eigenvalue weighted by atomic mass is 35.5. The summed E-state index contributed by atoms with van der Waals surface area (Å²) in [4.78, 5) is 22.5. The van der Waals surface area contributed by atoms with Crippen LogP contribution in [0.5, 0.6) is 5.75 Å². The lowest BCUT2D eigenvalue weighted by atomic mass is 10.1. The number of aliphatic carboxylic acids is 2. The molecule has 0 unspecified atom stereocenters. The molecule has 8 nitrogen and oxygen atoms in total. The van der Waals surface area contributed by atoms with E-state index in [1.807, 2.05) is 30.6 Å². The zero-order chi connectivity index (χ0) is 21.3. The first kappa shape index (κ1) is 23.5. The molecule has 1 fully saturated rings. The van der Waals surface area contributed by atoms with Gasteiger partial charge in [-0.15, -0.1) is 0 Å². The van der Waals surface area contributed by atoms with Crippen LogP contribution in [0.2, 0.25) is 5.02 Å². The number of nitrogens with two attached hydrogens (primary N) is 1. The topological polar surface area (TPSA) is 128 Å². The number of ether oxygens (including phenoxy) is 1. The van der Waals surface area contributed by atoms with Gasteiger partial charge in [0.15, 0.2) is 0 Å². The van der Waals surface area contributed by atoms with Crippen molar-refractivity contribution < 1.29 is 24.5 Å². The van der Waals surface area contributed by atoms with E-state index in [9.17, 15) is 0 Å². The van der Waals surface area contributed by atoms with Crippen LogP contribution >= 0.6 is 11.6 Å². The summed E-state index contributed by atoms with van der Waals surface area (Å²) >= 11 is 6.20. The molecule has 0 bridgehead atoms. The molecule has 0 aliphatic heterocycles. The monoisotopic (exact) mass is 411 g/mol. The molecule has 28 heavy (non-hydrogen) atoms. The van der Waals surface area contributed by atoms with Crippen molar-refractivity contribution in [3.8, 4) is 17.1 Å². The minimum Gasteiger partial charge on any atom is -0.495 e. The molecular weight excluding hydrogens is 386 g/mol. The lowest BCUT2D eigenvalue weighted by molar-refractivity contribution is -0.135. The van der Waals surface area contributed by atoms with Crippen LogP contribution in [0.3, 0.4) is 0 Å². The number of imidazole rings is 1. The van der Waals surface area contributed by atoms with E-state index in [0.29, 0.717) is 22.9 Å². The highest BCUT2D eigenvalue weighted by Crippen LogP contribution is 2.34. The fraction of sp³-hybridized carbons (Fsp3) is 0.421. The first-order valence-electron chi connectivity index (χ1n) is 8.67. The van der Waals surface area contributed by atoms with Crippen molar-refractivity contribution in [2.45, 2.75) is 45.2 Å². The lowest BCUT2D eigenvalue weighted by Crippen LogP contribution is -2.16. The lowest BCUT2D eigenvalue weighted by Gasteiger charge is -2.15. The highest BCUT2D eigenvalue weighted by molar-refractivity contribution is 6.32. The summed E-state index contributed by atoms with van der Waals surface area (Å²) in [5.41, 5.74) is 7.01. The van der Waals surface area contributed by atoms with Gasteiger partial charge in [-0.2, -0.15) is 0 Å². The van der Waals surface area contributed by atoms with Gasteiger partial charge in [0.1, 0.15) is 11.6 Å². The Morgan fingerprint density at radius 1 is 1.25 bits per heavy atom. The van der Waals surface area contributed by atoms with Crippen LogP contribution in [0, 0.1) is 0 Å². The third kappa shape index (κ3) is 7.58. The Bertz CT molecular complexity index is 774. The second-order valence-electron chi connectivity index (χ2n) is 6.27. The Kier molecular flexibility index (Phi) is 9.47. The maximum Gasteiger partial charge on any atom is 0.300 e. The fourth-order valence-corrected chi connectivity index (χ4v) is 3.14. The van der Waals surface area contributed by atoms with Crippen molar-refractivity contribution in [1.82, 2.24) is 9.55 Å². The van der Waals surface area contributed by atoms with Crippen LogP contribution in [-0.2, 0) is 9.59 Å². The summed E-state index contributed by atoms with van der Waals surface area (Å²) in [6.07, 6.45) is 7.04. The SMILES string of the molecule is CC(=O)O.CC(=O)O.COc1ccc(-c2nccn2[C@@H]2CC[C@@H](N)C2)cc1Cl. The molecule has 4 N–H and O–H groups in total. The second kappa shape index (κ2) is 11.3. The molecule has 0 radical (unpaired) electrons. The van der Waals surface area contributed by atoms with Crippen molar-refractivity contribution in [3.63, 3.8) is 0 Å². The van der Waals surface area contributed by atoms with Crippen LogP contribution in [0.1, 0.15) is 39.2 Å². The maximum atomic E-state index is 9.00. The number of carboxylic acid groups (broad SMARTS) is 2. The molecule has 1 heterocycles. The van der Waals surface area contributed by atoms with E-state index >= 15 is 0 Å². The third-order valence-corrected chi connectivity index (χ3v) is 4.21. The molecule has 1 aromatic carbocycles. The molecule has 2 atom stereocenters. The predicted molar refractivity (Wildman–Crippen MR) is 107 cm³/mol. The Morgan fingerprint density at radius 3 is 2.32 bits per heavy atom. The summed E-state index contributed by atoms with van der Waals surface area (Å²) in [7, 11) is 1.61. The molecule has 0 amide bonds. The van der Waals surface area contributed by atoms with Gasteiger partial charge in [0.05, 0.1) is 12.1 Å². The molecule has 3 rings (SSSR count). The average molecular weight is 412 g/mol. The van der Waals surface area contributed by atoms with Gasteiger partial charge in [-0.1, -0.05) is 11.6 Å². The minimum absolute atomic E-state index is 0.301. The molecule has 9 heteroatoms. The molecule has 1 aliphatic rings. The molecule has 1 aromatic heterocycles. The van der Waals surface area contributed by atoms with E-state index in [4.69, 9.17) is 41.9 Å². The van der Waals surface area contributed by atoms with Gasteiger partial charge < -0.3 is 25.3 Å². The summed E-state index contributed by atoms with van der Waals surface area (Å²) in [6.45, 7) is 2.17. The summed E-state index contributed by atoms with van der Waals surface area (Å²) in [6, 6.07) is 6.49. The molecule has 1 saturated carbocycles. The van der Waals surface area contributed by atoms with E-state index in [1.54, 1.807) is 7.11 Å². The van der Waals surface area contributed by atoms with Crippen molar-refractivity contribution in [1.29, 1.82) is 0 Å². The summed E-state index contributed by atoms with van der Waals surface area (Å²) in [5.74, 6) is -0.0509. The van der Waals surface area contributed by atoms with Crippen LogP contribution in [-0.4, -0.2) is 44.9 Å². The quantitative estimate of drug-likeness (QED) is 0.705. The third-order valence-electron chi connectivity index (χ3n) is 3.92. The van der Waals surface area contributed by atoms with Crippen LogP contribution in [0.25, 0.3) is 11.4 Å². The van der Waals surface area contributed by atoms with Crippen molar-refractivity contribution >= 4 is 23.5 Å². The number of rotatable bonds is 3. The standard InChI is InChI=1S/C15H18ClN3O.2C2H4O2/c1-20-14-5-2-10(8-13(14)16)15-18-6-7-19(15)12-4-3-11(17)9-12;2*1-2(3)4/h2,5-8,11-12H,3-4,9,17H2,1H3;2*1H3,(H,3,4)/t11-,12-;;/m1../s1. The van der Waals surface area contributed by atoms with Crippen LogP contribution in [0.4, 0.5) is 0 Å². The first-order valence-corrected chi connectivity index (χ1v) is 9.04. The van der Waals surface area contributed by atoms with E-state index in [0.717, 1.165) is 44.5 Å². The average Bonchev–Trinajstić information content (AvgIpc) is 3.22. The summed E-state index contributed by atoms with van der Waals surface area (Å²) < 4.78 is 7.40. The number of nitrogens with zero attached hydrogens (tertiary/aromatic N) is 2. The van der Waals surface area contributed by atoms with Crippen molar-refractivity contribution in [3.05, 3.63) is 35.6 Å². The number of carbonyl (C=O) groups is 2. The van der Waals surface area contributed by atoms with Crippen molar-refractivity contribution in [2.75, 3.05) is 7.11 Å². The number of carboxylic acids is 2. The van der Waals surface area contributed by atoms with E-state index in [2.05, 4.69) is 9.55 Å². The number of hydrogen-bond acceptors (Lipinski definition) is 5. The summed E-state index contributed by atoms with van der Waals surface area (Å²) in [5, 5.41) is 15.4. The van der Waals surface area contributed by atoms with Crippen LogP contribution < -0.4 is 10.5 Å². The van der Waals surface area contributed by atoms with Gasteiger partial charge in [0, 0.05) is 43.9 Å². The maximum absolute atomic E-state index is 9.00. The van der Waals surface area contributed by atoms with Gasteiger partial charge in [-0.3, -0.25) is 9.59 Å². The number of methoxy groups -OCH3 is 1. The molecule has 154 valence electrons. The molecular formula is C19H26ClN3O5. The highest BCUT2D eigenvalue weighted by Gasteiger charge is 2.25. The Balaban J connectivity index is 0.000000420. The molecule has 0 saturated heterocycles. The number of aromatic nitrogens is 2. The number of halogens is 1. The van der Waals surface area contributed by atoms with E-state index in [-0.39, 0.29) is 0 Å². The molecule has 0 spiro atoms. The van der Waals surface area contributed by atoms with Gasteiger partial charge in [-0.05, 0) is 37.5 Å². The Labute approximate surface area is 168 Å². The Morgan fingerprint density at radius 2 is 1.86 bits per heavy atom. The van der Waals surface area contributed by atoms with Crippen LogP contribution in [0.15, 0.2) is 30.6 Å². The second-order valence-corrected chi connectivity index (χ2v) is 6.68. The zero-order valence-corrected chi connectivity index (χ0v) is 16.9. The zero-order valence-electron chi connectivity index (χ0n) is 16.1. The van der Waals surface area contributed by atoms with Gasteiger partial charge >= 0.3 is 0 Å².